The molecule has 0 spiro atoms. The van der Waals surface area contributed by atoms with Gasteiger partial charge in [0.25, 0.3) is 0 Å². The molecule has 0 aliphatic rings. The zero-order chi connectivity index (χ0) is 10.8. The molecule has 0 aliphatic carbocycles. The molecule has 5 nitrogen and oxygen atoms in total. The lowest BCUT2D eigenvalue weighted by molar-refractivity contribution is 0.0908. The molecular formula is C7H9NO4S2. The second-order valence-corrected chi connectivity index (χ2v) is 5.60. The molecule has 1 aromatic heterocycles. The number of sulfonamides is 1. The van der Waals surface area contributed by atoms with Crippen LogP contribution in [0.2, 0.25) is 0 Å². The van der Waals surface area contributed by atoms with Crippen molar-refractivity contribution in [1.82, 2.24) is 4.72 Å². The lowest BCUT2D eigenvalue weighted by atomic mass is 10.3. The standard InChI is InChI=1S/C7H9NO4S2/c1-8-14(11,12)7-3-2-6(13-7)5(10)4-9/h2-3,8-9H,4H2,1H3. The third-order valence-corrected chi connectivity index (χ3v) is 4.57. The summed E-state index contributed by atoms with van der Waals surface area (Å²) in [6.45, 7) is -0.612. The van der Waals surface area contributed by atoms with Crippen LogP contribution in [0.25, 0.3) is 0 Å². The van der Waals surface area contributed by atoms with Gasteiger partial charge in [0, 0.05) is 0 Å². The van der Waals surface area contributed by atoms with Gasteiger partial charge in [-0.05, 0) is 19.2 Å². The fraction of sp³-hybridized carbons (Fsp3) is 0.286. The molecule has 0 unspecified atom stereocenters. The summed E-state index contributed by atoms with van der Waals surface area (Å²) in [6, 6.07) is 2.72. The van der Waals surface area contributed by atoms with E-state index in [0.717, 1.165) is 11.3 Å². The summed E-state index contributed by atoms with van der Waals surface area (Å²) in [7, 11) is -2.19. The van der Waals surface area contributed by atoms with Crippen LogP contribution in [0.1, 0.15) is 9.67 Å². The number of rotatable bonds is 4. The SMILES string of the molecule is CNS(=O)(=O)c1ccc(C(=O)CO)s1. The number of aliphatic hydroxyl groups excluding tert-OH is 1. The number of hydrogen-bond acceptors (Lipinski definition) is 5. The van der Waals surface area contributed by atoms with Crippen molar-refractivity contribution >= 4 is 27.1 Å². The molecule has 0 amide bonds. The predicted molar refractivity (Wildman–Crippen MR) is 52.0 cm³/mol. The third-order valence-electron chi connectivity index (χ3n) is 1.53. The maximum Gasteiger partial charge on any atom is 0.249 e. The van der Waals surface area contributed by atoms with Crippen LogP contribution in [-0.4, -0.2) is 33.0 Å². The predicted octanol–water partition coefficient (Wildman–Crippen LogP) is -0.169. The van der Waals surface area contributed by atoms with Crippen LogP contribution in [-0.2, 0) is 10.0 Å². The molecule has 0 aliphatic heterocycles. The van der Waals surface area contributed by atoms with E-state index in [1.54, 1.807) is 0 Å². The van der Waals surface area contributed by atoms with Crippen molar-refractivity contribution in [3.63, 3.8) is 0 Å². The highest BCUT2D eigenvalue weighted by atomic mass is 32.2. The number of carbonyl (C=O) groups excluding carboxylic acids is 1. The van der Waals surface area contributed by atoms with Gasteiger partial charge in [0.1, 0.15) is 10.8 Å². The fourth-order valence-electron chi connectivity index (χ4n) is 0.793. The van der Waals surface area contributed by atoms with Crippen molar-refractivity contribution in [2.75, 3.05) is 13.7 Å². The van der Waals surface area contributed by atoms with Crippen LogP contribution in [0, 0.1) is 0 Å². The van der Waals surface area contributed by atoms with Crippen LogP contribution in [0.5, 0.6) is 0 Å². The van der Waals surface area contributed by atoms with E-state index in [1.807, 2.05) is 0 Å². The van der Waals surface area contributed by atoms with E-state index in [4.69, 9.17) is 5.11 Å². The molecule has 0 aromatic carbocycles. The zero-order valence-corrected chi connectivity index (χ0v) is 8.98. The van der Waals surface area contributed by atoms with Crippen molar-refractivity contribution < 1.29 is 18.3 Å². The first-order valence-electron chi connectivity index (χ1n) is 3.68. The molecule has 14 heavy (non-hydrogen) atoms. The van der Waals surface area contributed by atoms with Gasteiger partial charge in [-0.25, -0.2) is 13.1 Å². The summed E-state index contributed by atoms with van der Waals surface area (Å²) in [4.78, 5) is 11.2. The number of carbonyl (C=O) groups is 1. The maximum absolute atomic E-state index is 11.3. The smallest absolute Gasteiger partial charge is 0.249 e. The van der Waals surface area contributed by atoms with Crippen molar-refractivity contribution in [2.24, 2.45) is 0 Å². The Morgan fingerprint density at radius 2 is 2.21 bits per heavy atom. The Balaban J connectivity index is 3.06. The summed E-state index contributed by atoms with van der Waals surface area (Å²) >= 11 is 0.837. The van der Waals surface area contributed by atoms with E-state index in [2.05, 4.69) is 4.72 Å². The normalized spacial score (nSPS) is 11.6. The maximum atomic E-state index is 11.3. The van der Waals surface area contributed by atoms with Crippen molar-refractivity contribution in [2.45, 2.75) is 4.21 Å². The number of ketones is 1. The van der Waals surface area contributed by atoms with E-state index >= 15 is 0 Å². The van der Waals surface area contributed by atoms with Crippen molar-refractivity contribution in [3.05, 3.63) is 17.0 Å². The summed E-state index contributed by atoms with van der Waals surface area (Å²) in [5, 5.41) is 8.55. The van der Waals surface area contributed by atoms with E-state index in [9.17, 15) is 13.2 Å². The Labute approximate surface area is 85.4 Å². The van der Waals surface area contributed by atoms with E-state index < -0.39 is 22.4 Å². The van der Waals surface area contributed by atoms with Crippen LogP contribution in [0.4, 0.5) is 0 Å². The second-order valence-electron chi connectivity index (χ2n) is 2.41. The molecule has 0 saturated heterocycles. The average molecular weight is 235 g/mol. The minimum atomic E-state index is -3.48. The first-order valence-corrected chi connectivity index (χ1v) is 5.98. The van der Waals surface area contributed by atoms with Gasteiger partial charge in [0.05, 0.1) is 4.88 Å². The number of thiophene rings is 1. The Bertz CT molecular complexity index is 434. The number of nitrogens with one attached hydrogen (secondary N) is 1. The van der Waals surface area contributed by atoms with Gasteiger partial charge < -0.3 is 5.11 Å². The van der Waals surface area contributed by atoms with Gasteiger partial charge >= 0.3 is 0 Å². The highest BCUT2D eigenvalue weighted by Crippen LogP contribution is 2.21. The second kappa shape index (κ2) is 4.18. The minimum Gasteiger partial charge on any atom is -0.388 e. The molecule has 0 atom stereocenters. The molecule has 0 saturated carbocycles. The molecule has 0 radical (unpaired) electrons. The van der Waals surface area contributed by atoms with E-state index in [1.165, 1.54) is 19.2 Å². The molecule has 1 rings (SSSR count). The van der Waals surface area contributed by atoms with Crippen LogP contribution < -0.4 is 4.72 Å². The largest absolute Gasteiger partial charge is 0.388 e. The Morgan fingerprint density at radius 1 is 1.57 bits per heavy atom. The zero-order valence-electron chi connectivity index (χ0n) is 7.35. The Kier molecular flexibility index (Phi) is 3.38. The number of Topliss-reactive ketones (excluding diaryl/α,β-unsaturated/α-hetero) is 1. The topological polar surface area (TPSA) is 83.5 Å². The molecule has 1 heterocycles. The first kappa shape index (κ1) is 11.3. The van der Waals surface area contributed by atoms with Gasteiger partial charge in [-0.3, -0.25) is 4.79 Å². The molecule has 78 valence electrons. The molecule has 0 fully saturated rings. The first-order chi connectivity index (χ1) is 6.51. The van der Waals surface area contributed by atoms with E-state index in [0.29, 0.717) is 0 Å². The van der Waals surface area contributed by atoms with Crippen LogP contribution in [0.15, 0.2) is 16.3 Å². The molecule has 0 bridgehead atoms. The molecule has 2 N–H and O–H groups in total. The van der Waals surface area contributed by atoms with Gasteiger partial charge in [-0.2, -0.15) is 0 Å². The fourth-order valence-corrected chi connectivity index (χ4v) is 2.87. The summed E-state index contributed by atoms with van der Waals surface area (Å²) in [5.74, 6) is -0.479. The van der Waals surface area contributed by atoms with Crippen LogP contribution in [0.3, 0.4) is 0 Å². The summed E-state index contributed by atoms with van der Waals surface area (Å²) < 4.78 is 24.7. The molecule has 1 aromatic rings. The van der Waals surface area contributed by atoms with Gasteiger partial charge in [-0.15, -0.1) is 11.3 Å². The number of aliphatic hydroxyl groups is 1. The van der Waals surface area contributed by atoms with Gasteiger partial charge in [0.2, 0.25) is 10.0 Å². The van der Waals surface area contributed by atoms with Crippen molar-refractivity contribution in [1.29, 1.82) is 0 Å². The number of hydrogen-bond donors (Lipinski definition) is 2. The van der Waals surface area contributed by atoms with Gasteiger partial charge in [-0.1, -0.05) is 0 Å². The molecular weight excluding hydrogens is 226 g/mol. The van der Waals surface area contributed by atoms with E-state index in [-0.39, 0.29) is 9.09 Å². The lowest BCUT2D eigenvalue weighted by Crippen LogP contribution is -2.17. The lowest BCUT2D eigenvalue weighted by Gasteiger charge is -1.95. The average Bonchev–Trinajstić information content (AvgIpc) is 2.66. The minimum absolute atomic E-state index is 0.0665. The summed E-state index contributed by atoms with van der Waals surface area (Å²) in [6.07, 6.45) is 0. The highest BCUT2D eigenvalue weighted by Gasteiger charge is 2.16. The van der Waals surface area contributed by atoms with Crippen LogP contribution >= 0.6 is 11.3 Å². The van der Waals surface area contributed by atoms with Crippen molar-refractivity contribution in [3.8, 4) is 0 Å². The Morgan fingerprint density at radius 3 is 2.71 bits per heavy atom. The quantitative estimate of drug-likeness (QED) is 0.710. The highest BCUT2D eigenvalue weighted by molar-refractivity contribution is 7.91. The Hall–Kier alpha value is -0.760. The monoisotopic (exact) mass is 235 g/mol. The third kappa shape index (κ3) is 2.18. The summed E-state index contributed by atoms with van der Waals surface area (Å²) in [5.41, 5.74) is 0. The molecule has 7 heteroatoms. The van der Waals surface area contributed by atoms with Gasteiger partial charge in [0.15, 0.2) is 5.78 Å².